The molecule has 0 amide bonds. The van der Waals surface area contributed by atoms with Crippen LogP contribution >= 0.6 is 0 Å². The van der Waals surface area contributed by atoms with E-state index in [0.29, 0.717) is 12.0 Å². The van der Waals surface area contributed by atoms with Crippen LogP contribution in [0.2, 0.25) is 0 Å². The van der Waals surface area contributed by atoms with Gasteiger partial charge < -0.3 is 9.64 Å². The Morgan fingerprint density at radius 2 is 1.41 bits per heavy atom. The Labute approximate surface area is 169 Å². The number of rotatable bonds is 4. The molecule has 2 aliphatic carbocycles. The van der Waals surface area contributed by atoms with Gasteiger partial charge in [-0.15, -0.1) is 0 Å². The Hall–Kier alpha value is -2.28. The number of piperazine rings is 1. The number of halogens is 2. The molecule has 2 unspecified atom stereocenters. The minimum Gasteiger partial charge on any atom is -0.490 e. The van der Waals surface area contributed by atoms with Gasteiger partial charge in [0.15, 0.2) is 5.82 Å². The Kier molecular flexibility index (Phi) is 5.08. The number of hydrogen-bond donors (Lipinski definition) is 0. The van der Waals surface area contributed by atoms with Gasteiger partial charge in [0.25, 0.3) is 0 Å². The number of ether oxygens (including phenoxy) is 1. The zero-order chi connectivity index (χ0) is 19.8. The van der Waals surface area contributed by atoms with Crippen LogP contribution in [0, 0.1) is 23.5 Å². The van der Waals surface area contributed by atoms with Crippen molar-refractivity contribution in [3.8, 4) is 5.75 Å². The monoisotopic (exact) mass is 400 g/mol. The van der Waals surface area contributed by atoms with E-state index >= 15 is 0 Å². The molecule has 5 nitrogen and oxygen atoms in total. The molecule has 3 fully saturated rings. The van der Waals surface area contributed by atoms with Crippen molar-refractivity contribution in [3.05, 3.63) is 48.3 Å². The third kappa shape index (κ3) is 4.06. The number of fused-ring (bicyclic) bond motifs is 1. The Morgan fingerprint density at radius 3 is 2.03 bits per heavy atom. The topological polar surface area (TPSA) is 41.5 Å². The number of hydrogen-bond acceptors (Lipinski definition) is 5. The molecule has 1 aliphatic heterocycles. The summed E-state index contributed by atoms with van der Waals surface area (Å²) in [5.74, 6) is 2.22. The smallest absolute Gasteiger partial charge is 0.225 e. The van der Waals surface area contributed by atoms with E-state index in [1.165, 1.54) is 37.4 Å². The minimum atomic E-state index is -0.397. The summed E-state index contributed by atoms with van der Waals surface area (Å²) in [6.07, 6.45) is 7.39. The average molecular weight is 400 g/mol. The molecule has 2 atom stereocenters. The molecule has 2 aromatic rings. The van der Waals surface area contributed by atoms with Crippen LogP contribution in [0.5, 0.6) is 5.75 Å². The Balaban J connectivity index is 1.10. The van der Waals surface area contributed by atoms with Crippen molar-refractivity contribution in [1.29, 1.82) is 0 Å². The molecule has 0 radical (unpaired) electrons. The Morgan fingerprint density at radius 1 is 0.793 bits per heavy atom. The van der Waals surface area contributed by atoms with Crippen LogP contribution in [0.15, 0.2) is 36.7 Å². The molecule has 3 aliphatic rings. The lowest BCUT2D eigenvalue weighted by Crippen LogP contribution is -2.50. The van der Waals surface area contributed by atoms with Gasteiger partial charge in [0.05, 0.1) is 18.5 Å². The molecular weight excluding hydrogens is 374 g/mol. The third-order valence-corrected chi connectivity index (χ3v) is 6.78. The van der Waals surface area contributed by atoms with Crippen LogP contribution in [0.1, 0.15) is 25.7 Å². The highest BCUT2D eigenvalue weighted by molar-refractivity contribution is 5.29. The lowest BCUT2D eigenvalue weighted by atomic mass is 10.0. The molecule has 0 bridgehead atoms. The van der Waals surface area contributed by atoms with E-state index in [1.807, 2.05) is 0 Å². The molecule has 2 heterocycles. The van der Waals surface area contributed by atoms with E-state index in [1.54, 1.807) is 12.1 Å². The van der Waals surface area contributed by atoms with Gasteiger partial charge >= 0.3 is 0 Å². The summed E-state index contributed by atoms with van der Waals surface area (Å²) in [5, 5.41) is 0. The van der Waals surface area contributed by atoms with Gasteiger partial charge in [0, 0.05) is 32.2 Å². The lowest BCUT2D eigenvalue weighted by molar-refractivity contribution is 0.158. The van der Waals surface area contributed by atoms with Crippen molar-refractivity contribution < 1.29 is 13.5 Å². The summed E-state index contributed by atoms with van der Waals surface area (Å²) >= 11 is 0. The summed E-state index contributed by atoms with van der Waals surface area (Å²) in [6.45, 7) is 3.77. The quantitative estimate of drug-likeness (QED) is 0.786. The van der Waals surface area contributed by atoms with E-state index in [9.17, 15) is 8.78 Å². The second-order valence-electron chi connectivity index (χ2n) is 8.53. The molecule has 29 heavy (non-hydrogen) atoms. The van der Waals surface area contributed by atoms with Gasteiger partial charge in [-0.2, -0.15) is 0 Å². The number of aromatic nitrogens is 2. The second kappa shape index (κ2) is 7.86. The van der Waals surface area contributed by atoms with Gasteiger partial charge in [-0.3, -0.25) is 4.90 Å². The highest BCUT2D eigenvalue weighted by Gasteiger charge is 2.44. The highest BCUT2D eigenvalue weighted by atomic mass is 19.1. The van der Waals surface area contributed by atoms with E-state index in [0.717, 1.165) is 56.6 Å². The first kappa shape index (κ1) is 18.7. The number of nitrogens with zero attached hydrogens (tertiary/aromatic N) is 4. The van der Waals surface area contributed by atoms with Gasteiger partial charge in [0.1, 0.15) is 11.6 Å². The summed E-state index contributed by atoms with van der Waals surface area (Å²) in [7, 11) is 0. The second-order valence-corrected chi connectivity index (χ2v) is 8.53. The van der Waals surface area contributed by atoms with E-state index in [-0.39, 0.29) is 11.9 Å². The number of anilines is 1. The molecule has 1 aromatic carbocycles. The molecule has 154 valence electrons. The van der Waals surface area contributed by atoms with Crippen molar-refractivity contribution in [2.45, 2.75) is 37.8 Å². The normalized spacial score (nSPS) is 29.8. The van der Waals surface area contributed by atoms with Gasteiger partial charge in [-0.05, 0) is 61.8 Å². The summed E-state index contributed by atoms with van der Waals surface area (Å²) in [6, 6.07) is 7.00. The van der Waals surface area contributed by atoms with E-state index < -0.39 is 5.82 Å². The van der Waals surface area contributed by atoms with Crippen LogP contribution in [0.3, 0.4) is 0 Å². The predicted molar refractivity (Wildman–Crippen MR) is 106 cm³/mol. The van der Waals surface area contributed by atoms with Crippen molar-refractivity contribution in [2.75, 3.05) is 31.1 Å². The van der Waals surface area contributed by atoms with Gasteiger partial charge in [-0.25, -0.2) is 18.7 Å². The van der Waals surface area contributed by atoms with Crippen LogP contribution in [0.25, 0.3) is 0 Å². The molecule has 5 rings (SSSR count). The molecule has 1 saturated heterocycles. The predicted octanol–water partition coefficient (Wildman–Crippen LogP) is 3.51. The summed E-state index contributed by atoms with van der Waals surface area (Å²) in [5.41, 5.74) is 0. The standard InChI is InChI=1S/C22H26F2N4O/c23-17-1-3-20(4-2-17)29-21-11-15-9-19(10-16(15)12-21)27-5-7-28(8-6-27)22-25-13-18(24)14-26-22/h1-4,13-16,19,21H,5-12H2. The lowest BCUT2D eigenvalue weighted by Gasteiger charge is -2.38. The van der Waals surface area contributed by atoms with Crippen molar-refractivity contribution in [1.82, 2.24) is 14.9 Å². The molecule has 0 N–H and O–H groups in total. The van der Waals surface area contributed by atoms with Gasteiger partial charge in [-0.1, -0.05) is 0 Å². The van der Waals surface area contributed by atoms with Crippen molar-refractivity contribution in [3.63, 3.8) is 0 Å². The molecule has 0 spiro atoms. The van der Waals surface area contributed by atoms with Crippen molar-refractivity contribution in [2.24, 2.45) is 11.8 Å². The zero-order valence-corrected chi connectivity index (χ0v) is 16.4. The van der Waals surface area contributed by atoms with Gasteiger partial charge in [0.2, 0.25) is 5.95 Å². The molecule has 2 saturated carbocycles. The number of benzene rings is 1. The minimum absolute atomic E-state index is 0.227. The SMILES string of the molecule is Fc1ccc(OC2CC3CC(N4CCN(c5ncc(F)cn5)CC4)CC3C2)cc1. The van der Waals surface area contributed by atoms with Crippen LogP contribution in [-0.2, 0) is 0 Å². The first-order valence-electron chi connectivity index (χ1n) is 10.5. The summed E-state index contributed by atoms with van der Waals surface area (Å²) < 4.78 is 32.2. The van der Waals surface area contributed by atoms with Crippen LogP contribution < -0.4 is 9.64 Å². The zero-order valence-electron chi connectivity index (χ0n) is 16.4. The summed E-state index contributed by atoms with van der Waals surface area (Å²) in [4.78, 5) is 13.0. The van der Waals surface area contributed by atoms with E-state index in [4.69, 9.17) is 4.74 Å². The van der Waals surface area contributed by atoms with Crippen LogP contribution in [-0.4, -0.2) is 53.2 Å². The van der Waals surface area contributed by atoms with Crippen molar-refractivity contribution >= 4 is 5.95 Å². The fourth-order valence-corrected chi connectivity index (χ4v) is 5.38. The van der Waals surface area contributed by atoms with E-state index in [2.05, 4.69) is 19.8 Å². The fraction of sp³-hybridized carbons (Fsp3) is 0.545. The maximum atomic E-state index is 13.1. The molecule has 7 heteroatoms. The first-order chi connectivity index (χ1) is 14.1. The largest absolute Gasteiger partial charge is 0.490 e. The maximum Gasteiger partial charge on any atom is 0.225 e. The Bertz CT molecular complexity index is 810. The first-order valence-corrected chi connectivity index (χ1v) is 10.5. The maximum absolute atomic E-state index is 13.1. The average Bonchev–Trinajstić information content (AvgIpc) is 3.29. The fourth-order valence-electron chi connectivity index (χ4n) is 5.38. The molecule has 1 aromatic heterocycles. The third-order valence-electron chi connectivity index (χ3n) is 6.78. The van der Waals surface area contributed by atoms with Crippen LogP contribution in [0.4, 0.5) is 14.7 Å². The highest BCUT2D eigenvalue weighted by Crippen LogP contribution is 2.46. The molecular formula is C22H26F2N4O.